The van der Waals surface area contributed by atoms with Gasteiger partial charge in [-0.15, -0.1) is 0 Å². The van der Waals surface area contributed by atoms with E-state index in [1.54, 1.807) is 18.2 Å². The number of esters is 1. The zero-order valence-corrected chi connectivity index (χ0v) is 15.9. The first-order valence-corrected chi connectivity index (χ1v) is 9.26. The molecule has 8 nitrogen and oxygen atoms in total. The summed E-state index contributed by atoms with van der Waals surface area (Å²) < 4.78 is 26.9. The van der Waals surface area contributed by atoms with Gasteiger partial charge in [-0.1, -0.05) is 0 Å². The third-order valence-electron chi connectivity index (χ3n) is 6.01. The van der Waals surface area contributed by atoms with Crippen LogP contribution < -0.4 is 18.9 Å². The van der Waals surface area contributed by atoms with Crippen LogP contribution >= 0.6 is 0 Å². The number of rotatable bonds is 3. The Labute approximate surface area is 166 Å². The summed E-state index contributed by atoms with van der Waals surface area (Å²) in [6.45, 7) is 0.291. The molecule has 0 saturated carbocycles. The van der Waals surface area contributed by atoms with E-state index in [0.29, 0.717) is 17.1 Å². The molecule has 1 fully saturated rings. The molecule has 1 saturated heterocycles. The lowest BCUT2D eigenvalue weighted by atomic mass is 9.66. The predicted molar refractivity (Wildman–Crippen MR) is 98.5 cm³/mol. The van der Waals surface area contributed by atoms with Crippen LogP contribution in [-0.4, -0.2) is 43.8 Å². The second kappa shape index (κ2) is 6.45. The normalized spacial score (nSPS) is 26.5. The summed E-state index contributed by atoms with van der Waals surface area (Å²) >= 11 is 0. The molecule has 152 valence electrons. The van der Waals surface area contributed by atoms with Crippen LogP contribution in [0.1, 0.15) is 28.7 Å². The molecule has 0 unspecified atom stereocenters. The maximum Gasteiger partial charge on any atom is 0.312 e. The SMILES string of the molecule is COc1cc([C@@H]2c3cc4c(cc3[C@@H](O)[C@H]3C(=O)OC[C@H]23)OCO4)cc(OC)c1O. The highest BCUT2D eigenvalue weighted by molar-refractivity contribution is 5.77. The molecule has 2 aliphatic heterocycles. The number of cyclic esters (lactones) is 1. The van der Waals surface area contributed by atoms with E-state index in [9.17, 15) is 15.0 Å². The Kier molecular flexibility index (Phi) is 3.99. The van der Waals surface area contributed by atoms with Gasteiger partial charge in [0, 0.05) is 11.8 Å². The second-order valence-electron chi connectivity index (χ2n) is 7.35. The van der Waals surface area contributed by atoms with Crippen LogP contribution in [0.25, 0.3) is 0 Å². The van der Waals surface area contributed by atoms with Crippen LogP contribution in [0.4, 0.5) is 0 Å². The average molecular weight is 400 g/mol. The zero-order valence-electron chi connectivity index (χ0n) is 15.9. The van der Waals surface area contributed by atoms with Crippen LogP contribution in [0.15, 0.2) is 24.3 Å². The summed E-state index contributed by atoms with van der Waals surface area (Å²) in [5.74, 6) is -0.172. The quantitative estimate of drug-likeness (QED) is 0.755. The van der Waals surface area contributed by atoms with E-state index in [1.165, 1.54) is 14.2 Å². The van der Waals surface area contributed by atoms with Gasteiger partial charge in [-0.25, -0.2) is 0 Å². The molecule has 4 atom stereocenters. The highest BCUT2D eigenvalue weighted by Crippen LogP contribution is 2.55. The summed E-state index contributed by atoms with van der Waals surface area (Å²) in [4.78, 5) is 12.4. The minimum absolute atomic E-state index is 0.101. The smallest absolute Gasteiger partial charge is 0.312 e. The number of aromatic hydroxyl groups is 1. The summed E-state index contributed by atoms with van der Waals surface area (Å²) in [5, 5.41) is 21.3. The Morgan fingerprint density at radius 3 is 2.21 bits per heavy atom. The highest BCUT2D eigenvalue weighted by atomic mass is 16.7. The first-order chi connectivity index (χ1) is 14.0. The second-order valence-corrected chi connectivity index (χ2v) is 7.35. The summed E-state index contributed by atoms with van der Waals surface area (Å²) in [6.07, 6.45) is -1.00. The number of benzene rings is 2. The third-order valence-corrected chi connectivity index (χ3v) is 6.01. The van der Waals surface area contributed by atoms with Crippen LogP contribution in [0.5, 0.6) is 28.7 Å². The highest BCUT2D eigenvalue weighted by Gasteiger charge is 2.52. The number of aliphatic hydroxyl groups is 1. The summed E-state index contributed by atoms with van der Waals surface area (Å²) in [7, 11) is 2.92. The molecule has 2 N–H and O–H groups in total. The van der Waals surface area contributed by atoms with E-state index in [2.05, 4.69) is 0 Å². The number of carbonyl (C=O) groups excluding carboxylic acids is 1. The van der Waals surface area contributed by atoms with Crippen molar-refractivity contribution in [1.29, 1.82) is 0 Å². The fourth-order valence-electron chi connectivity index (χ4n) is 4.66. The number of ether oxygens (including phenoxy) is 5. The number of methoxy groups -OCH3 is 2. The van der Waals surface area contributed by atoms with Crippen LogP contribution in [0, 0.1) is 11.8 Å². The van der Waals surface area contributed by atoms with Crippen molar-refractivity contribution < 1.29 is 38.7 Å². The van der Waals surface area contributed by atoms with Crippen molar-refractivity contribution in [3.05, 3.63) is 41.0 Å². The van der Waals surface area contributed by atoms with Crippen molar-refractivity contribution in [1.82, 2.24) is 0 Å². The molecular weight excluding hydrogens is 380 g/mol. The lowest BCUT2D eigenvalue weighted by Gasteiger charge is -2.37. The largest absolute Gasteiger partial charge is 0.502 e. The van der Waals surface area contributed by atoms with Crippen molar-refractivity contribution in [2.45, 2.75) is 12.0 Å². The number of fused-ring (bicyclic) bond motifs is 3. The molecular formula is C21H20O8. The fourth-order valence-corrected chi connectivity index (χ4v) is 4.66. The zero-order chi connectivity index (χ0) is 20.3. The van der Waals surface area contributed by atoms with E-state index >= 15 is 0 Å². The number of carbonyl (C=O) groups is 1. The monoisotopic (exact) mass is 400 g/mol. The molecule has 0 radical (unpaired) electrons. The molecule has 1 aliphatic carbocycles. The van der Waals surface area contributed by atoms with Crippen molar-refractivity contribution in [3.8, 4) is 28.7 Å². The van der Waals surface area contributed by atoms with Gasteiger partial charge < -0.3 is 33.9 Å². The van der Waals surface area contributed by atoms with Gasteiger partial charge in [0.2, 0.25) is 12.5 Å². The molecule has 3 aliphatic rings. The summed E-state index contributed by atoms with van der Waals surface area (Å²) in [6, 6.07) is 7.01. The maximum absolute atomic E-state index is 12.4. The number of phenolic OH excluding ortho intramolecular Hbond substituents is 1. The fraction of sp³-hybridized carbons (Fsp3) is 0.381. The van der Waals surface area contributed by atoms with Crippen molar-refractivity contribution >= 4 is 5.97 Å². The molecule has 2 aromatic rings. The van der Waals surface area contributed by atoms with E-state index in [1.807, 2.05) is 6.07 Å². The van der Waals surface area contributed by atoms with Gasteiger partial charge in [0.1, 0.15) is 0 Å². The third kappa shape index (κ3) is 2.52. The number of hydrogen-bond donors (Lipinski definition) is 2. The maximum atomic E-state index is 12.4. The van der Waals surface area contributed by atoms with Gasteiger partial charge in [0.15, 0.2) is 23.0 Å². The van der Waals surface area contributed by atoms with Gasteiger partial charge in [0.25, 0.3) is 0 Å². The minimum Gasteiger partial charge on any atom is -0.502 e. The van der Waals surface area contributed by atoms with Crippen LogP contribution in [0.2, 0.25) is 0 Å². The Morgan fingerprint density at radius 1 is 0.966 bits per heavy atom. The first kappa shape index (κ1) is 17.9. The van der Waals surface area contributed by atoms with Gasteiger partial charge in [-0.2, -0.15) is 0 Å². The molecule has 0 spiro atoms. The standard InChI is InChI=1S/C21H20O8/c1-25-15-3-9(4-16(26-2)20(15)23)17-10-5-13-14(29-8-28-13)6-11(10)19(22)18-12(17)7-27-21(18)24/h3-6,12,17-19,22-23H,7-8H2,1-2H3/t12-,17-,18+,19-/m1/s1. The van der Waals surface area contributed by atoms with E-state index < -0.39 is 18.0 Å². The number of aliphatic hydroxyl groups excluding tert-OH is 1. The summed E-state index contributed by atoms with van der Waals surface area (Å²) in [5.41, 5.74) is 2.19. The number of phenols is 1. The Balaban J connectivity index is 1.74. The van der Waals surface area contributed by atoms with E-state index in [0.717, 1.165) is 11.1 Å². The van der Waals surface area contributed by atoms with Gasteiger partial charge in [-0.3, -0.25) is 4.79 Å². The topological polar surface area (TPSA) is 104 Å². The van der Waals surface area contributed by atoms with Crippen molar-refractivity contribution in [2.75, 3.05) is 27.6 Å². The van der Waals surface area contributed by atoms with Crippen molar-refractivity contribution in [3.63, 3.8) is 0 Å². The van der Waals surface area contributed by atoms with Crippen LogP contribution in [0.3, 0.4) is 0 Å². The average Bonchev–Trinajstić information content (AvgIpc) is 3.34. The molecule has 2 heterocycles. The van der Waals surface area contributed by atoms with Gasteiger partial charge in [-0.05, 0) is 41.0 Å². The molecule has 0 amide bonds. The van der Waals surface area contributed by atoms with E-state index in [4.69, 9.17) is 23.7 Å². The van der Waals surface area contributed by atoms with E-state index in [-0.39, 0.29) is 42.5 Å². The lowest BCUT2D eigenvalue weighted by Crippen LogP contribution is -2.34. The Bertz CT molecular complexity index is 975. The predicted octanol–water partition coefficient (Wildman–Crippen LogP) is 2.11. The molecule has 2 aromatic carbocycles. The molecule has 8 heteroatoms. The molecule has 0 bridgehead atoms. The first-order valence-electron chi connectivity index (χ1n) is 9.26. The van der Waals surface area contributed by atoms with Gasteiger partial charge in [0.05, 0.1) is 32.8 Å². The molecule has 5 rings (SSSR count). The lowest BCUT2D eigenvalue weighted by molar-refractivity contribution is -0.144. The molecule has 29 heavy (non-hydrogen) atoms. The van der Waals surface area contributed by atoms with Gasteiger partial charge >= 0.3 is 5.97 Å². The Morgan fingerprint density at radius 2 is 1.59 bits per heavy atom. The molecule has 0 aromatic heterocycles. The van der Waals surface area contributed by atoms with Crippen LogP contribution in [-0.2, 0) is 9.53 Å². The van der Waals surface area contributed by atoms with Crippen molar-refractivity contribution in [2.24, 2.45) is 11.8 Å². The number of hydrogen-bond acceptors (Lipinski definition) is 8. The minimum atomic E-state index is -1.00. The Hall–Kier alpha value is -3.13.